The highest BCUT2D eigenvalue weighted by Gasteiger charge is 2.23. The van der Waals surface area contributed by atoms with Crippen molar-refractivity contribution >= 4 is 0 Å². The van der Waals surface area contributed by atoms with Gasteiger partial charge in [-0.2, -0.15) is 10.2 Å². The highest BCUT2D eigenvalue weighted by molar-refractivity contribution is 5.07. The minimum Gasteiger partial charge on any atom is -0.316 e. The molecule has 3 heteroatoms. The first-order valence-corrected chi connectivity index (χ1v) is 5.40. The van der Waals surface area contributed by atoms with Crippen molar-refractivity contribution in [3.05, 3.63) is 23.5 Å². The molecule has 1 heterocycles. The van der Waals surface area contributed by atoms with E-state index < -0.39 is 0 Å². The lowest BCUT2D eigenvalue weighted by molar-refractivity contribution is 0.278. The SMILES string of the molecule is CNC(Cc1ccc(C)nn1)C(C)(C)C. The molecule has 0 aliphatic carbocycles. The maximum Gasteiger partial charge on any atom is 0.0647 e. The molecule has 1 rings (SSSR count). The van der Waals surface area contributed by atoms with Crippen LogP contribution in [-0.2, 0) is 6.42 Å². The van der Waals surface area contributed by atoms with Crippen LogP contribution in [0.5, 0.6) is 0 Å². The molecule has 0 saturated carbocycles. The first-order chi connectivity index (χ1) is 6.93. The predicted octanol–water partition coefficient (Wildman–Crippen LogP) is 1.96. The fourth-order valence-corrected chi connectivity index (χ4v) is 1.59. The summed E-state index contributed by atoms with van der Waals surface area (Å²) in [6, 6.07) is 4.49. The second-order valence-corrected chi connectivity index (χ2v) is 5.08. The van der Waals surface area contributed by atoms with E-state index in [1.165, 1.54) is 0 Å². The third-order valence-corrected chi connectivity index (χ3v) is 2.66. The molecular weight excluding hydrogens is 186 g/mol. The molecule has 0 saturated heterocycles. The van der Waals surface area contributed by atoms with E-state index in [-0.39, 0.29) is 5.41 Å². The van der Waals surface area contributed by atoms with Gasteiger partial charge < -0.3 is 5.32 Å². The average Bonchev–Trinajstić information content (AvgIpc) is 2.15. The molecule has 1 atom stereocenters. The van der Waals surface area contributed by atoms with Gasteiger partial charge in [-0.05, 0) is 31.5 Å². The number of nitrogens with one attached hydrogen (secondary N) is 1. The monoisotopic (exact) mass is 207 g/mol. The molecule has 0 bridgehead atoms. The Kier molecular flexibility index (Phi) is 3.80. The first-order valence-electron chi connectivity index (χ1n) is 5.40. The van der Waals surface area contributed by atoms with Crippen LogP contribution in [-0.4, -0.2) is 23.3 Å². The number of hydrogen-bond donors (Lipinski definition) is 1. The molecule has 84 valence electrons. The Morgan fingerprint density at radius 3 is 2.33 bits per heavy atom. The Balaban J connectivity index is 2.71. The summed E-state index contributed by atoms with van der Waals surface area (Å²) in [6.07, 6.45) is 0.924. The molecule has 0 aliphatic rings. The second-order valence-electron chi connectivity index (χ2n) is 5.08. The predicted molar refractivity (Wildman–Crippen MR) is 62.8 cm³/mol. The minimum atomic E-state index is 0.237. The Bertz CT molecular complexity index is 298. The van der Waals surface area contributed by atoms with Gasteiger partial charge in [0.2, 0.25) is 0 Å². The van der Waals surface area contributed by atoms with Crippen molar-refractivity contribution in [3.8, 4) is 0 Å². The zero-order valence-electron chi connectivity index (χ0n) is 10.3. The summed E-state index contributed by atoms with van der Waals surface area (Å²) >= 11 is 0. The van der Waals surface area contributed by atoms with E-state index in [2.05, 4.69) is 42.4 Å². The number of hydrogen-bond acceptors (Lipinski definition) is 3. The van der Waals surface area contributed by atoms with E-state index in [1.807, 2.05) is 20.0 Å². The topological polar surface area (TPSA) is 37.8 Å². The highest BCUT2D eigenvalue weighted by atomic mass is 15.1. The van der Waals surface area contributed by atoms with Crippen LogP contribution in [0.15, 0.2) is 12.1 Å². The Hall–Kier alpha value is -0.960. The summed E-state index contributed by atoms with van der Waals surface area (Å²) in [4.78, 5) is 0. The van der Waals surface area contributed by atoms with Gasteiger partial charge in [-0.3, -0.25) is 0 Å². The Morgan fingerprint density at radius 1 is 1.27 bits per heavy atom. The molecule has 1 aromatic heterocycles. The minimum absolute atomic E-state index is 0.237. The fourth-order valence-electron chi connectivity index (χ4n) is 1.59. The van der Waals surface area contributed by atoms with Crippen LogP contribution in [0.25, 0.3) is 0 Å². The van der Waals surface area contributed by atoms with Crippen LogP contribution in [0.3, 0.4) is 0 Å². The van der Waals surface area contributed by atoms with Crippen LogP contribution in [0.2, 0.25) is 0 Å². The molecule has 0 aromatic carbocycles. The van der Waals surface area contributed by atoms with Gasteiger partial charge in [0.25, 0.3) is 0 Å². The number of rotatable bonds is 3. The van der Waals surface area contributed by atoms with Crippen LogP contribution >= 0.6 is 0 Å². The van der Waals surface area contributed by atoms with Crippen molar-refractivity contribution in [2.75, 3.05) is 7.05 Å². The lowest BCUT2D eigenvalue weighted by atomic mass is 9.84. The van der Waals surface area contributed by atoms with Gasteiger partial charge in [0.15, 0.2) is 0 Å². The lowest BCUT2D eigenvalue weighted by Gasteiger charge is -2.30. The third-order valence-electron chi connectivity index (χ3n) is 2.66. The zero-order chi connectivity index (χ0) is 11.5. The number of nitrogens with zero attached hydrogens (tertiary/aromatic N) is 2. The molecule has 1 N–H and O–H groups in total. The summed E-state index contributed by atoms with van der Waals surface area (Å²) < 4.78 is 0. The van der Waals surface area contributed by atoms with Gasteiger partial charge in [0.1, 0.15) is 0 Å². The molecule has 1 aromatic rings. The van der Waals surface area contributed by atoms with Crippen molar-refractivity contribution < 1.29 is 0 Å². The average molecular weight is 207 g/mol. The largest absolute Gasteiger partial charge is 0.316 e. The van der Waals surface area contributed by atoms with E-state index >= 15 is 0 Å². The van der Waals surface area contributed by atoms with Gasteiger partial charge in [0.05, 0.1) is 11.4 Å². The highest BCUT2D eigenvalue weighted by Crippen LogP contribution is 2.21. The van der Waals surface area contributed by atoms with Crippen LogP contribution in [0.4, 0.5) is 0 Å². The maximum absolute atomic E-state index is 4.19. The fraction of sp³-hybridized carbons (Fsp3) is 0.667. The van der Waals surface area contributed by atoms with Gasteiger partial charge in [-0.25, -0.2) is 0 Å². The lowest BCUT2D eigenvalue weighted by Crippen LogP contribution is -2.40. The molecule has 3 nitrogen and oxygen atoms in total. The first kappa shape index (κ1) is 12.1. The Labute approximate surface area is 92.3 Å². The standard InChI is InChI=1S/C12H21N3/c1-9-6-7-10(15-14-9)8-11(13-5)12(2,3)4/h6-7,11,13H,8H2,1-5H3. The van der Waals surface area contributed by atoms with Gasteiger partial charge in [-0.15, -0.1) is 0 Å². The number of likely N-dealkylation sites (N-methyl/N-ethyl adjacent to an activating group) is 1. The van der Waals surface area contributed by atoms with Gasteiger partial charge in [-0.1, -0.05) is 20.8 Å². The van der Waals surface area contributed by atoms with Crippen molar-refractivity contribution in [2.45, 2.75) is 40.2 Å². The smallest absolute Gasteiger partial charge is 0.0647 e. The van der Waals surface area contributed by atoms with E-state index in [1.54, 1.807) is 0 Å². The van der Waals surface area contributed by atoms with Crippen molar-refractivity contribution in [2.24, 2.45) is 5.41 Å². The molecule has 1 unspecified atom stereocenters. The van der Waals surface area contributed by atoms with Crippen molar-refractivity contribution in [1.82, 2.24) is 15.5 Å². The quantitative estimate of drug-likeness (QED) is 0.823. The molecule has 0 amide bonds. The van der Waals surface area contributed by atoms with Crippen LogP contribution in [0, 0.1) is 12.3 Å². The molecule has 0 fully saturated rings. The van der Waals surface area contributed by atoms with Gasteiger partial charge in [0, 0.05) is 12.5 Å². The number of aromatic nitrogens is 2. The van der Waals surface area contributed by atoms with E-state index in [9.17, 15) is 0 Å². The second kappa shape index (κ2) is 4.71. The summed E-state index contributed by atoms with van der Waals surface area (Å²) in [5.41, 5.74) is 2.26. The zero-order valence-corrected chi connectivity index (χ0v) is 10.3. The molecule has 15 heavy (non-hydrogen) atoms. The van der Waals surface area contributed by atoms with Gasteiger partial charge >= 0.3 is 0 Å². The van der Waals surface area contributed by atoms with Crippen LogP contribution < -0.4 is 5.32 Å². The third kappa shape index (κ3) is 3.59. The summed E-state index contributed by atoms with van der Waals surface area (Å²) in [5.74, 6) is 0. The maximum atomic E-state index is 4.19. The normalized spacial score (nSPS) is 13.9. The van der Waals surface area contributed by atoms with Crippen LogP contribution in [0.1, 0.15) is 32.2 Å². The van der Waals surface area contributed by atoms with Crippen molar-refractivity contribution in [1.29, 1.82) is 0 Å². The summed E-state index contributed by atoms with van der Waals surface area (Å²) in [7, 11) is 2.00. The van der Waals surface area contributed by atoms with E-state index in [0.29, 0.717) is 6.04 Å². The van der Waals surface area contributed by atoms with Crippen molar-refractivity contribution in [3.63, 3.8) is 0 Å². The number of aryl methyl sites for hydroxylation is 1. The molecule has 0 spiro atoms. The summed E-state index contributed by atoms with van der Waals surface area (Å²) in [6.45, 7) is 8.65. The molecular formula is C12H21N3. The molecule has 0 aliphatic heterocycles. The van der Waals surface area contributed by atoms with E-state index in [4.69, 9.17) is 0 Å². The van der Waals surface area contributed by atoms with E-state index in [0.717, 1.165) is 17.8 Å². The Morgan fingerprint density at radius 2 is 1.93 bits per heavy atom. The summed E-state index contributed by atoms with van der Waals surface area (Å²) in [5, 5.41) is 11.6. The molecule has 0 radical (unpaired) electrons.